The predicted molar refractivity (Wildman–Crippen MR) is 60.6 cm³/mol. The quantitative estimate of drug-likeness (QED) is 0.735. The summed E-state index contributed by atoms with van der Waals surface area (Å²) in [4.78, 5) is 0. The summed E-state index contributed by atoms with van der Waals surface area (Å²) in [7, 11) is 0. The minimum absolute atomic E-state index is 0.00774. The molecule has 0 unspecified atom stereocenters. The van der Waals surface area contributed by atoms with Gasteiger partial charge in [0.25, 0.3) is 0 Å². The molecule has 0 amide bonds. The molecule has 0 atom stereocenters. The van der Waals surface area contributed by atoms with Crippen molar-refractivity contribution in [2.75, 3.05) is 13.2 Å². The van der Waals surface area contributed by atoms with Gasteiger partial charge in [0.05, 0.1) is 5.60 Å². The van der Waals surface area contributed by atoms with E-state index >= 15 is 0 Å². The molecule has 0 aromatic carbocycles. The molecule has 1 aliphatic carbocycles. The molecular weight excluding hydrogens is 174 g/mol. The third-order valence-corrected chi connectivity index (χ3v) is 2.96. The maximum Gasteiger partial charge on any atom is 0.0750 e. The summed E-state index contributed by atoms with van der Waals surface area (Å²) in [6, 6.07) is 0.739. The van der Waals surface area contributed by atoms with Crippen LogP contribution >= 0.6 is 0 Å². The molecule has 0 heterocycles. The second kappa shape index (κ2) is 5.72. The molecule has 1 saturated carbocycles. The zero-order chi connectivity index (χ0) is 10.4. The van der Waals surface area contributed by atoms with Crippen LogP contribution in [0, 0.1) is 0 Å². The lowest BCUT2D eigenvalue weighted by Gasteiger charge is -2.30. The van der Waals surface area contributed by atoms with E-state index in [2.05, 4.69) is 26.1 Å². The monoisotopic (exact) mass is 199 g/mol. The minimum Gasteiger partial charge on any atom is -0.375 e. The molecule has 0 spiro atoms. The molecule has 14 heavy (non-hydrogen) atoms. The third kappa shape index (κ3) is 4.43. The van der Waals surface area contributed by atoms with Crippen LogP contribution in [-0.2, 0) is 4.74 Å². The minimum atomic E-state index is -0.00774. The van der Waals surface area contributed by atoms with Crippen molar-refractivity contribution in [3.8, 4) is 0 Å². The van der Waals surface area contributed by atoms with Gasteiger partial charge in [-0.1, -0.05) is 19.3 Å². The Labute approximate surface area is 88.4 Å². The van der Waals surface area contributed by atoms with Crippen LogP contribution in [-0.4, -0.2) is 24.8 Å². The Hall–Kier alpha value is -0.0800. The van der Waals surface area contributed by atoms with Crippen LogP contribution in [0.4, 0.5) is 0 Å². The van der Waals surface area contributed by atoms with E-state index in [0.29, 0.717) is 0 Å². The fourth-order valence-corrected chi connectivity index (χ4v) is 2.14. The summed E-state index contributed by atoms with van der Waals surface area (Å²) < 4.78 is 5.66. The van der Waals surface area contributed by atoms with Crippen molar-refractivity contribution in [2.24, 2.45) is 0 Å². The van der Waals surface area contributed by atoms with Crippen molar-refractivity contribution < 1.29 is 4.74 Å². The van der Waals surface area contributed by atoms with Gasteiger partial charge in [0.2, 0.25) is 0 Å². The number of rotatable bonds is 5. The normalized spacial score (nSPS) is 19.9. The molecule has 1 aliphatic rings. The van der Waals surface area contributed by atoms with Gasteiger partial charge in [0.1, 0.15) is 0 Å². The summed E-state index contributed by atoms with van der Waals surface area (Å²) >= 11 is 0. The van der Waals surface area contributed by atoms with E-state index in [1.807, 2.05) is 0 Å². The third-order valence-electron chi connectivity index (χ3n) is 2.96. The van der Waals surface area contributed by atoms with Crippen LogP contribution < -0.4 is 5.32 Å². The predicted octanol–water partition coefficient (Wildman–Crippen LogP) is 2.72. The molecule has 2 heteroatoms. The van der Waals surface area contributed by atoms with E-state index < -0.39 is 0 Å². The van der Waals surface area contributed by atoms with Crippen molar-refractivity contribution in [2.45, 2.75) is 64.5 Å². The summed E-state index contributed by atoms with van der Waals surface area (Å²) in [6.07, 6.45) is 6.91. The SMILES string of the molecule is CCOC(C)(C)CNC1CCCCC1. The number of ether oxygens (including phenoxy) is 1. The molecule has 0 radical (unpaired) electrons. The lowest BCUT2D eigenvalue weighted by atomic mass is 9.95. The van der Waals surface area contributed by atoms with Crippen LogP contribution in [0.15, 0.2) is 0 Å². The molecule has 0 bridgehead atoms. The first kappa shape index (κ1) is 12.0. The molecule has 0 aromatic rings. The van der Waals surface area contributed by atoms with Crippen LogP contribution in [0.5, 0.6) is 0 Å². The average molecular weight is 199 g/mol. The molecule has 84 valence electrons. The Morgan fingerprint density at radius 2 is 1.86 bits per heavy atom. The summed E-state index contributed by atoms with van der Waals surface area (Å²) in [5, 5.41) is 3.62. The van der Waals surface area contributed by atoms with E-state index in [1.165, 1.54) is 32.1 Å². The number of nitrogens with one attached hydrogen (secondary N) is 1. The van der Waals surface area contributed by atoms with Crippen LogP contribution in [0.25, 0.3) is 0 Å². The lowest BCUT2D eigenvalue weighted by Crippen LogP contribution is -2.43. The maximum absolute atomic E-state index is 5.66. The van der Waals surface area contributed by atoms with Crippen molar-refractivity contribution in [1.29, 1.82) is 0 Å². The van der Waals surface area contributed by atoms with Crippen molar-refractivity contribution in [3.63, 3.8) is 0 Å². The van der Waals surface area contributed by atoms with Crippen LogP contribution in [0.3, 0.4) is 0 Å². The highest BCUT2D eigenvalue weighted by Gasteiger charge is 2.20. The van der Waals surface area contributed by atoms with Gasteiger partial charge in [0, 0.05) is 19.2 Å². The fraction of sp³-hybridized carbons (Fsp3) is 1.00. The molecular formula is C12H25NO. The van der Waals surface area contributed by atoms with Gasteiger partial charge in [-0.15, -0.1) is 0 Å². The molecule has 1 fully saturated rings. The molecule has 0 aromatic heterocycles. The van der Waals surface area contributed by atoms with E-state index in [1.54, 1.807) is 0 Å². The summed E-state index contributed by atoms with van der Waals surface area (Å²) in [5.41, 5.74) is -0.00774. The molecule has 1 N–H and O–H groups in total. The van der Waals surface area contributed by atoms with Gasteiger partial charge in [-0.2, -0.15) is 0 Å². The van der Waals surface area contributed by atoms with Crippen molar-refractivity contribution >= 4 is 0 Å². The second-order valence-corrected chi connectivity index (χ2v) is 4.91. The molecule has 0 saturated heterocycles. The van der Waals surface area contributed by atoms with Gasteiger partial charge in [-0.3, -0.25) is 0 Å². The van der Waals surface area contributed by atoms with Gasteiger partial charge in [0.15, 0.2) is 0 Å². The topological polar surface area (TPSA) is 21.3 Å². The largest absolute Gasteiger partial charge is 0.375 e. The van der Waals surface area contributed by atoms with E-state index in [-0.39, 0.29) is 5.60 Å². The summed E-state index contributed by atoms with van der Waals surface area (Å²) in [5.74, 6) is 0. The maximum atomic E-state index is 5.66. The van der Waals surface area contributed by atoms with Gasteiger partial charge >= 0.3 is 0 Å². The van der Waals surface area contributed by atoms with Crippen molar-refractivity contribution in [3.05, 3.63) is 0 Å². The number of hydrogen-bond donors (Lipinski definition) is 1. The zero-order valence-electron chi connectivity index (χ0n) is 9.94. The van der Waals surface area contributed by atoms with Gasteiger partial charge in [-0.25, -0.2) is 0 Å². The van der Waals surface area contributed by atoms with E-state index in [0.717, 1.165) is 19.2 Å². The Bertz CT molecular complexity index is 150. The highest BCUT2D eigenvalue weighted by atomic mass is 16.5. The Kier molecular flexibility index (Phi) is 4.90. The molecule has 2 nitrogen and oxygen atoms in total. The van der Waals surface area contributed by atoms with Gasteiger partial charge in [-0.05, 0) is 33.6 Å². The highest BCUT2D eigenvalue weighted by molar-refractivity contribution is 4.78. The second-order valence-electron chi connectivity index (χ2n) is 4.91. The first-order valence-electron chi connectivity index (χ1n) is 6.01. The standard InChI is InChI=1S/C12H25NO/c1-4-14-12(2,3)10-13-11-8-6-5-7-9-11/h11,13H,4-10H2,1-3H3. The van der Waals surface area contributed by atoms with Gasteiger partial charge < -0.3 is 10.1 Å². The van der Waals surface area contributed by atoms with Crippen LogP contribution in [0.2, 0.25) is 0 Å². The van der Waals surface area contributed by atoms with Crippen molar-refractivity contribution in [1.82, 2.24) is 5.32 Å². The van der Waals surface area contributed by atoms with E-state index in [4.69, 9.17) is 4.74 Å². The Balaban J connectivity index is 2.17. The van der Waals surface area contributed by atoms with E-state index in [9.17, 15) is 0 Å². The molecule has 1 rings (SSSR count). The van der Waals surface area contributed by atoms with Crippen LogP contribution in [0.1, 0.15) is 52.9 Å². The Morgan fingerprint density at radius 1 is 1.21 bits per heavy atom. The zero-order valence-corrected chi connectivity index (χ0v) is 9.94. The first-order chi connectivity index (χ1) is 6.64. The smallest absolute Gasteiger partial charge is 0.0750 e. The fourth-order valence-electron chi connectivity index (χ4n) is 2.14. The Morgan fingerprint density at radius 3 is 2.43 bits per heavy atom. The average Bonchev–Trinajstić information content (AvgIpc) is 2.17. The number of hydrogen-bond acceptors (Lipinski definition) is 2. The molecule has 0 aliphatic heterocycles. The first-order valence-corrected chi connectivity index (χ1v) is 6.01. The summed E-state index contributed by atoms with van der Waals surface area (Å²) in [6.45, 7) is 8.16. The highest BCUT2D eigenvalue weighted by Crippen LogP contribution is 2.18. The lowest BCUT2D eigenvalue weighted by molar-refractivity contribution is -0.0113.